The van der Waals surface area contributed by atoms with Gasteiger partial charge in [-0.15, -0.1) is 0 Å². The van der Waals surface area contributed by atoms with Gasteiger partial charge in [-0.25, -0.2) is 9.97 Å². The van der Waals surface area contributed by atoms with E-state index in [9.17, 15) is 9.59 Å². The zero-order chi connectivity index (χ0) is 20.8. The van der Waals surface area contributed by atoms with Crippen molar-refractivity contribution in [3.8, 4) is 5.75 Å². The van der Waals surface area contributed by atoms with E-state index in [0.717, 1.165) is 11.3 Å². The van der Waals surface area contributed by atoms with Gasteiger partial charge in [0, 0.05) is 23.5 Å². The van der Waals surface area contributed by atoms with Gasteiger partial charge in [0.1, 0.15) is 11.4 Å². The minimum absolute atomic E-state index is 0.0657. The molecule has 0 aliphatic carbocycles. The molecule has 1 aromatic heterocycles. The number of rotatable bonds is 7. The molecule has 0 bridgehead atoms. The number of ketones is 1. The summed E-state index contributed by atoms with van der Waals surface area (Å²) in [4.78, 5) is 32.8. The maximum absolute atomic E-state index is 12.6. The van der Waals surface area contributed by atoms with E-state index in [-0.39, 0.29) is 17.4 Å². The van der Waals surface area contributed by atoms with Crippen LogP contribution in [0, 0.1) is 6.92 Å². The SMILES string of the molecule is COc1ccc(CNc2nc(C)cc(C(=O)Nc3cccc(C(C)=O)c3)n2)cc1. The molecule has 3 aromatic rings. The molecule has 0 unspecified atom stereocenters. The Kier molecular flexibility index (Phi) is 6.19. The lowest BCUT2D eigenvalue weighted by Gasteiger charge is -2.10. The molecule has 0 saturated heterocycles. The van der Waals surface area contributed by atoms with Crippen LogP contribution < -0.4 is 15.4 Å². The quantitative estimate of drug-likeness (QED) is 0.595. The molecule has 0 fully saturated rings. The molecule has 7 heteroatoms. The van der Waals surface area contributed by atoms with Crippen LogP contribution in [0.2, 0.25) is 0 Å². The minimum Gasteiger partial charge on any atom is -0.497 e. The van der Waals surface area contributed by atoms with Gasteiger partial charge in [0.2, 0.25) is 5.95 Å². The van der Waals surface area contributed by atoms with Crippen LogP contribution in [0.5, 0.6) is 5.75 Å². The van der Waals surface area contributed by atoms with E-state index in [1.807, 2.05) is 24.3 Å². The van der Waals surface area contributed by atoms with E-state index >= 15 is 0 Å². The largest absolute Gasteiger partial charge is 0.497 e. The predicted molar refractivity (Wildman–Crippen MR) is 111 cm³/mol. The molecule has 0 aliphatic rings. The number of benzene rings is 2. The van der Waals surface area contributed by atoms with Gasteiger partial charge in [-0.2, -0.15) is 0 Å². The summed E-state index contributed by atoms with van der Waals surface area (Å²) < 4.78 is 5.15. The predicted octanol–water partition coefficient (Wildman–Crippen LogP) is 3.86. The smallest absolute Gasteiger partial charge is 0.274 e. The molecule has 29 heavy (non-hydrogen) atoms. The standard InChI is InChI=1S/C22H22N4O3/c1-14-11-20(21(28)25-18-6-4-5-17(12-18)15(2)27)26-22(24-14)23-13-16-7-9-19(29-3)10-8-16/h4-12H,13H2,1-3H3,(H,25,28)(H,23,24,26). The van der Waals surface area contributed by atoms with Crippen LogP contribution in [-0.2, 0) is 6.54 Å². The Morgan fingerprint density at radius 2 is 1.79 bits per heavy atom. The maximum atomic E-state index is 12.6. The number of Topliss-reactive ketones (excluding diaryl/α,β-unsaturated/α-hetero) is 1. The van der Waals surface area contributed by atoms with Crippen molar-refractivity contribution in [2.75, 3.05) is 17.7 Å². The second-order valence-corrected chi connectivity index (χ2v) is 6.51. The second-order valence-electron chi connectivity index (χ2n) is 6.51. The number of methoxy groups -OCH3 is 1. The van der Waals surface area contributed by atoms with Crippen molar-refractivity contribution in [2.45, 2.75) is 20.4 Å². The van der Waals surface area contributed by atoms with E-state index in [1.165, 1.54) is 6.92 Å². The monoisotopic (exact) mass is 390 g/mol. The van der Waals surface area contributed by atoms with Crippen LogP contribution in [0.4, 0.5) is 11.6 Å². The van der Waals surface area contributed by atoms with Crippen LogP contribution in [0.3, 0.4) is 0 Å². The first-order valence-corrected chi connectivity index (χ1v) is 9.09. The van der Waals surface area contributed by atoms with Crippen LogP contribution in [-0.4, -0.2) is 28.8 Å². The molecule has 0 radical (unpaired) electrons. The minimum atomic E-state index is -0.372. The average molecular weight is 390 g/mol. The topological polar surface area (TPSA) is 93.2 Å². The summed E-state index contributed by atoms with van der Waals surface area (Å²) >= 11 is 0. The molecule has 148 valence electrons. The Hall–Kier alpha value is -3.74. The molecule has 7 nitrogen and oxygen atoms in total. The van der Waals surface area contributed by atoms with E-state index in [2.05, 4.69) is 20.6 Å². The maximum Gasteiger partial charge on any atom is 0.274 e. The van der Waals surface area contributed by atoms with Gasteiger partial charge in [-0.3, -0.25) is 9.59 Å². The number of nitrogens with one attached hydrogen (secondary N) is 2. The molecular formula is C22H22N4O3. The van der Waals surface area contributed by atoms with Crippen LogP contribution in [0.1, 0.15) is 39.0 Å². The van der Waals surface area contributed by atoms with E-state index in [1.54, 1.807) is 44.4 Å². The lowest BCUT2D eigenvalue weighted by atomic mass is 10.1. The number of carbonyl (C=O) groups is 2. The number of aryl methyl sites for hydroxylation is 1. The highest BCUT2D eigenvalue weighted by atomic mass is 16.5. The zero-order valence-corrected chi connectivity index (χ0v) is 16.5. The van der Waals surface area contributed by atoms with Gasteiger partial charge < -0.3 is 15.4 Å². The molecular weight excluding hydrogens is 368 g/mol. The Labute approximate surface area is 169 Å². The number of ether oxygens (including phenoxy) is 1. The van der Waals surface area contributed by atoms with Crippen LogP contribution in [0.15, 0.2) is 54.6 Å². The third kappa shape index (κ3) is 5.38. The Bertz CT molecular complexity index is 1030. The summed E-state index contributed by atoms with van der Waals surface area (Å²) in [7, 11) is 1.62. The lowest BCUT2D eigenvalue weighted by Crippen LogP contribution is -2.16. The Morgan fingerprint density at radius 3 is 2.48 bits per heavy atom. The number of nitrogens with zero attached hydrogens (tertiary/aromatic N) is 2. The summed E-state index contributed by atoms with van der Waals surface area (Å²) in [6.07, 6.45) is 0. The number of hydrogen-bond donors (Lipinski definition) is 2. The average Bonchev–Trinajstić information content (AvgIpc) is 2.72. The summed E-state index contributed by atoms with van der Waals surface area (Å²) in [5.74, 6) is 0.713. The number of hydrogen-bond acceptors (Lipinski definition) is 6. The van der Waals surface area contributed by atoms with Crippen molar-refractivity contribution >= 4 is 23.3 Å². The summed E-state index contributed by atoms with van der Waals surface area (Å²) in [5.41, 5.74) is 3.00. The highest BCUT2D eigenvalue weighted by molar-refractivity contribution is 6.04. The molecule has 0 aliphatic heterocycles. The molecule has 2 aromatic carbocycles. The molecule has 0 saturated carbocycles. The molecule has 3 rings (SSSR count). The Balaban J connectivity index is 1.71. The highest BCUT2D eigenvalue weighted by Gasteiger charge is 2.12. The first-order chi connectivity index (χ1) is 13.9. The first-order valence-electron chi connectivity index (χ1n) is 9.09. The molecule has 2 N–H and O–H groups in total. The molecule has 0 atom stereocenters. The third-order valence-corrected chi connectivity index (χ3v) is 4.22. The van der Waals surface area contributed by atoms with E-state index in [0.29, 0.717) is 29.4 Å². The Morgan fingerprint density at radius 1 is 1.03 bits per heavy atom. The van der Waals surface area contributed by atoms with Gasteiger partial charge in [-0.05, 0) is 49.7 Å². The van der Waals surface area contributed by atoms with E-state index < -0.39 is 0 Å². The fraction of sp³-hybridized carbons (Fsp3) is 0.182. The summed E-state index contributed by atoms with van der Waals surface area (Å²) in [6, 6.07) is 16.0. The number of anilines is 2. The molecule has 1 heterocycles. The van der Waals surface area contributed by atoms with Crippen molar-refractivity contribution in [1.29, 1.82) is 0 Å². The van der Waals surface area contributed by atoms with E-state index in [4.69, 9.17) is 4.74 Å². The van der Waals surface area contributed by atoms with Gasteiger partial charge in [-0.1, -0.05) is 24.3 Å². The van der Waals surface area contributed by atoms with Gasteiger partial charge >= 0.3 is 0 Å². The van der Waals surface area contributed by atoms with Gasteiger partial charge in [0.05, 0.1) is 7.11 Å². The fourth-order valence-electron chi connectivity index (χ4n) is 2.70. The van der Waals surface area contributed by atoms with Crippen molar-refractivity contribution in [3.63, 3.8) is 0 Å². The van der Waals surface area contributed by atoms with Crippen molar-refractivity contribution in [2.24, 2.45) is 0 Å². The highest BCUT2D eigenvalue weighted by Crippen LogP contribution is 2.15. The van der Waals surface area contributed by atoms with Crippen molar-refractivity contribution < 1.29 is 14.3 Å². The van der Waals surface area contributed by atoms with Crippen molar-refractivity contribution in [3.05, 3.63) is 77.1 Å². The fourth-order valence-corrected chi connectivity index (χ4v) is 2.70. The normalized spacial score (nSPS) is 10.3. The third-order valence-electron chi connectivity index (χ3n) is 4.22. The van der Waals surface area contributed by atoms with Crippen molar-refractivity contribution in [1.82, 2.24) is 9.97 Å². The number of aromatic nitrogens is 2. The summed E-state index contributed by atoms with van der Waals surface area (Å²) in [5, 5.41) is 5.91. The number of carbonyl (C=O) groups excluding carboxylic acids is 2. The van der Waals surface area contributed by atoms with Gasteiger partial charge in [0.25, 0.3) is 5.91 Å². The second kappa shape index (κ2) is 8.97. The van der Waals surface area contributed by atoms with Gasteiger partial charge in [0.15, 0.2) is 5.78 Å². The summed E-state index contributed by atoms with van der Waals surface area (Å²) in [6.45, 7) is 3.79. The molecule has 0 spiro atoms. The lowest BCUT2D eigenvalue weighted by molar-refractivity contribution is 0.100. The molecule has 1 amide bonds. The van der Waals surface area contributed by atoms with Crippen LogP contribution in [0.25, 0.3) is 0 Å². The zero-order valence-electron chi connectivity index (χ0n) is 16.5. The first kappa shape index (κ1) is 20.0. The van der Waals surface area contributed by atoms with Crippen LogP contribution >= 0.6 is 0 Å². The number of amides is 1.